The first-order valence-corrected chi connectivity index (χ1v) is 6.65. The Kier molecular flexibility index (Phi) is 3.70. The molecule has 0 saturated carbocycles. The van der Waals surface area contributed by atoms with Crippen LogP contribution in [0.1, 0.15) is 29.8 Å². The fourth-order valence-electron chi connectivity index (χ4n) is 1.27. The molecule has 0 radical (unpaired) electrons. The maximum atomic E-state index is 11.7. The first kappa shape index (κ1) is 12.7. The van der Waals surface area contributed by atoms with Crippen LogP contribution in [0.2, 0.25) is 0 Å². The van der Waals surface area contributed by atoms with Crippen LogP contribution in [0, 0.1) is 0 Å². The van der Waals surface area contributed by atoms with Gasteiger partial charge in [0.15, 0.2) is 9.84 Å². The summed E-state index contributed by atoms with van der Waals surface area (Å²) in [5, 5.41) is -0.464. The fraction of sp³-hybridized carbons (Fsp3) is 0.364. The van der Waals surface area contributed by atoms with Crippen LogP contribution in [-0.2, 0) is 15.6 Å². The average Bonchev–Trinajstić information content (AvgIpc) is 2.17. The number of hydrogen-bond donors (Lipinski definition) is 1. The molecule has 0 bridgehead atoms. The lowest BCUT2D eigenvalue weighted by Crippen LogP contribution is -2.20. The van der Waals surface area contributed by atoms with E-state index in [-0.39, 0.29) is 11.3 Å². The molecule has 0 spiro atoms. The first-order chi connectivity index (χ1) is 7.34. The number of benzene rings is 1. The van der Waals surface area contributed by atoms with Crippen LogP contribution in [0.25, 0.3) is 0 Å². The number of nitrogens with two attached hydrogens (primary N) is 1. The lowest BCUT2D eigenvalue weighted by atomic mass is 10.1. The molecule has 1 amide bonds. The van der Waals surface area contributed by atoms with Gasteiger partial charge in [0, 0.05) is 5.56 Å². The SMILES string of the molecule is CC(C)S(=O)(=O)Cc1ccccc1C(N)=O. The van der Waals surface area contributed by atoms with Crippen molar-refractivity contribution >= 4 is 15.7 Å². The Morgan fingerprint density at radius 3 is 2.38 bits per heavy atom. The van der Waals surface area contributed by atoms with Gasteiger partial charge < -0.3 is 5.73 Å². The van der Waals surface area contributed by atoms with E-state index < -0.39 is 21.0 Å². The highest BCUT2D eigenvalue weighted by molar-refractivity contribution is 7.91. The van der Waals surface area contributed by atoms with Crippen LogP contribution in [-0.4, -0.2) is 19.6 Å². The molecule has 5 heteroatoms. The van der Waals surface area contributed by atoms with E-state index in [0.717, 1.165) is 0 Å². The van der Waals surface area contributed by atoms with E-state index in [4.69, 9.17) is 5.73 Å². The second kappa shape index (κ2) is 4.65. The maximum absolute atomic E-state index is 11.7. The number of carbonyl (C=O) groups is 1. The number of hydrogen-bond acceptors (Lipinski definition) is 3. The molecule has 16 heavy (non-hydrogen) atoms. The van der Waals surface area contributed by atoms with E-state index in [9.17, 15) is 13.2 Å². The maximum Gasteiger partial charge on any atom is 0.249 e. The predicted molar refractivity (Wildman–Crippen MR) is 62.7 cm³/mol. The second-order valence-corrected chi connectivity index (χ2v) is 6.43. The van der Waals surface area contributed by atoms with Crippen LogP contribution in [0.3, 0.4) is 0 Å². The molecule has 0 heterocycles. The molecule has 0 saturated heterocycles. The lowest BCUT2D eigenvalue weighted by Gasteiger charge is -2.10. The van der Waals surface area contributed by atoms with E-state index in [1.807, 2.05) is 0 Å². The highest BCUT2D eigenvalue weighted by Gasteiger charge is 2.19. The van der Waals surface area contributed by atoms with Gasteiger partial charge in [-0.05, 0) is 25.5 Å². The zero-order chi connectivity index (χ0) is 12.3. The van der Waals surface area contributed by atoms with Gasteiger partial charge in [0.25, 0.3) is 0 Å². The third kappa shape index (κ3) is 2.82. The van der Waals surface area contributed by atoms with E-state index >= 15 is 0 Å². The topological polar surface area (TPSA) is 77.2 Å². The minimum atomic E-state index is -3.22. The van der Waals surface area contributed by atoms with Gasteiger partial charge in [-0.3, -0.25) is 4.79 Å². The van der Waals surface area contributed by atoms with Crippen molar-refractivity contribution in [2.75, 3.05) is 0 Å². The quantitative estimate of drug-likeness (QED) is 0.857. The molecule has 1 aromatic carbocycles. The van der Waals surface area contributed by atoms with Crippen LogP contribution < -0.4 is 5.73 Å². The van der Waals surface area contributed by atoms with Gasteiger partial charge in [0.05, 0.1) is 11.0 Å². The Morgan fingerprint density at radius 2 is 1.88 bits per heavy atom. The summed E-state index contributed by atoms with van der Waals surface area (Å²) in [6, 6.07) is 6.50. The van der Waals surface area contributed by atoms with Gasteiger partial charge in [0.1, 0.15) is 0 Å². The van der Waals surface area contributed by atoms with Crippen molar-refractivity contribution in [3.63, 3.8) is 0 Å². The minimum Gasteiger partial charge on any atom is -0.366 e. The Hall–Kier alpha value is -1.36. The van der Waals surface area contributed by atoms with Crippen LogP contribution in [0.4, 0.5) is 0 Å². The lowest BCUT2D eigenvalue weighted by molar-refractivity contribution is 0.0999. The third-order valence-electron chi connectivity index (χ3n) is 2.36. The summed E-state index contributed by atoms with van der Waals surface area (Å²) < 4.78 is 23.4. The number of amides is 1. The fourth-order valence-corrected chi connectivity index (χ4v) is 2.29. The first-order valence-electron chi connectivity index (χ1n) is 4.94. The van der Waals surface area contributed by atoms with E-state index in [1.165, 1.54) is 6.07 Å². The Balaban J connectivity index is 3.12. The van der Waals surface area contributed by atoms with E-state index in [2.05, 4.69) is 0 Å². The normalized spacial score (nSPS) is 11.7. The molecule has 0 aliphatic heterocycles. The molecule has 88 valence electrons. The van der Waals surface area contributed by atoms with Crippen molar-refractivity contribution in [2.45, 2.75) is 24.9 Å². The van der Waals surface area contributed by atoms with Crippen molar-refractivity contribution in [3.05, 3.63) is 35.4 Å². The molecular weight excluding hydrogens is 226 g/mol. The molecule has 0 aliphatic rings. The summed E-state index contributed by atoms with van der Waals surface area (Å²) in [4.78, 5) is 11.1. The molecule has 0 aliphatic carbocycles. The van der Waals surface area contributed by atoms with Gasteiger partial charge in [-0.25, -0.2) is 8.42 Å². The molecule has 2 N–H and O–H groups in total. The van der Waals surface area contributed by atoms with Crippen LogP contribution in [0.5, 0.6) is 0 Å². The molecule has 0 fully saturated rings. The standard InChI is InChI=1S/C11H15NO3S/c1-8(2)16(14,15)7-9-5-3-4-6-10(9)11(12)13/h3-6,8H,7H2,1-2H3,(H2,12,13). The third-order valence-corrected chi connectivity index (χ3v) is 4.51. The number of carbonyl (C=O) groups excluding carboxylic acids is 1. The van der Waals surface area contributed by atoms with Crippen molar-refractivity contribution in [3.8, 4) is 0 Å². The second-order valence-electron chi connectivity index (χ2n) is 3.88. The summed E-state index contributed by atoms with van der Waals surface area (Å²) in [6.07, 6.45) is 0. The highest BCUT2D eigenvalue weighted by atomic mass is 32.2. The minimum absolute atomic E-state index is 0.149. The molecule has 1 rings (SSSR count). The van der Waals surface area contributed by atoms with Crippen molar-refractivity contribution in [1.82, 2.24) is 0 Å². The Bertz CT molecular complexity index is 492. The zero-order valence-corrected chi connectivity index (χ0v) is 10.1. The van der Waals surface area contributed by atoms with Gasteiger partial charge in [0.2, 0.25) is 5.91 Å². The van der Waals surface area contributed by atoms with Crippen molar-refractivity contribution in [1.29, 1.82) is 0 Å². The number of sulfone groups is 1. The summed E-state index contributed by atoms with van der Waals surface area (Å²) in [5.41, 5.74) is 5.91. The van der Waals surface area contributed by atoms with Crippen LogP contribution >= 0.6 is 0 Å². The molecule has 4 nitrogen and oxygen atoms in total. The van der Waals surface area contributed by atoms with Gasteiger partial charge in [-0.2, -0.15) is 0 Å². The van der Waals surface area contributed by atoms with Gasteiger partial charge >= 0.3 is 0 Å². The summed E-state index contributed by atoms with van der Waals surface area (Å²) in [5.74, 6) is -0.751. The summed E-state index contributed by atoms with van der Waals surface area (Å²) >= 11 is 0. The molecule has 1 aromatic rings. The van der Waals surface area contributed by atoms with Crippen molar-refractivity contribution in [2.24, 2.45) is 5.73 Å². The Morgan fingerprint density at radius 1 is 1.31 bits per heavy atom. The number of rotatable bonds is 4. The average molecular weight is 241 g/mol. The number of primary amides is 1. The largest absolute Gasteiger partial charge is 0.366 e. The molecule has 0 unspecified atom stereocenters. The van der Waals surface area contributed by atoms with Crippen molar-refractivity contribution < 1.29 is 13.2 Å². The summed E-state index contributed by atoms with van der Waals surface area (Å²) in [7, 11) is -3.22. The smallest absolute Gasteiger partial charge is 0.249 e. The molecule has 0 atom stereocenters. The monoisotopic (exact) mass is 241 g/mol. The molecule has 0 aromatic heterocycles. The van der Waals surface area contributed by atoms with Gasteiger partial charge in [-0.15, -0.1) is 0 Å². The zero-order valence-electron chi connectivity index (χ0n) is 9.30. The Labute approximate surface area is 95.4 Å². The van der Waals surface area contributed by atoms with Crippen LogP contribution in [0.15, 0.2) is 24.3 Å². The van der Waals surface area contributed by atoms with Gasteiger partial charge in [-0.1, -0.05) is 18.2 Å². The van der Waals surface area contributed by atoms with E-state index in [1.54, 1.807) is 32.0 Å². The highest BCUT2D eigenvalue weighted by Crippen LogP contribution is 2.15. The molecular formula is C11H15NO3S. The predicted octanol–water partition coefficient (Wildman–Crippen LogP) is 1.11. The summed E-state index contributed by atoms with van der Waals surface area (Å²) in [6.45, 7) is 3.23. The van der Waals surface area contributed by atoms with E-state index in [0.29, 0.717) is 5.56 Å².